The third kappa shape index (κ3) is 2.80. The van der Waals surface area contributed by atoms with Gasteiger partial charge in [-0.25, -0.2) is 18.7 Å². The third-order valence-corrected chi connectivity index (χ3v) is 3.55. The van der Waals surface area contributed by atoms with E-state index in [2.05, 4.69) is 25.9 Å². The number of halogens is 3. The number of rotatable bonds is 1. The fraction of sp³-hybridized carbons (Fsp3) is 0.286. The number of nitrogen functional groups attached to an aromatic ring is 1. The number of hydrogen-bond donors (Lipinski definition) is 1. The van der Waals surface area contributed by atoms with Gasteiger partial charge in [-0.15, -0.1) is 0 Å². The van der Waals surface area contributed by atoms with Crippen LogP contribution in [0.3, 0.4) is 0 Å². The summed E-state index contributed by atoms with van der Waals surface area (Å²) in [6.07, 6.45) is 0. The standard InChI is InChI=1S/C14H14BrF2N3/c1-14(2,3)11-10(15)12(18)20-13(19-11)7-4-5-8(16)9(17)6-7/h4-6H,1-3H3,(H2,18,19,20). The highest BCUT2D eigenvalue weighted by molar-refractivity contribution is 9.10. The summed E-state index contributed by atoms with van der Waals surface area (Å²) in [5, 5.41) is 0. The summed E-state index contributed by atoms with van der Waals surface area (Å²) in [5.41, 5.74) is 6.69. The molecule has 6 heteroatoms. The Morgan fingerprint density at radius 3 is 2.30 bits per heavy atom. The van der Waals surface area contributed by atoms with Crippen LogP contribution in [0.5, 0.6) is 0 Å². The number of nitrogens with two attached hydrogens (primary N) is 1. The molecule has 0 fully saturated rings. The quantitative estimate of drug-likeness (QED) is 0.850. The average Bonchev–Trinajstić information content (AvgIpc) is 2.34. The fourth-order valence-electron chi connectivity index (χ4n) is 1.73. The van der Waals surface area contributed by atoms with Gasteiger partial charge >= 0.3 is 0 Å². The normalized spacial score (nSPS) is 11.7. The Hall–Kier alpha value is -1.56. The van der Waals surface area contributed by atoms with E-state index in [4.69, 9.17) is 5.73 Å². The Kier molecular flexibility index (Phi) is 3.77. The molecule has 0 amide bonds. The smallest absolute Gasteiger partial charge is 0.161 e. The molecular weight excluding hydrogens is 328 g/mol. The van der Waals surface area contributed by atoms with E-state index in [0.717, 1.165) is 12.1 Å². The van der Waals surface area contributed by atoms with E-state index in [1.54, 1.807) is 0 Å². The van der Waals surface area contributed by atoms with Crippen molar-refractivity contribution in [1.29, 1.82) is 0 Å². The zero-order valence-corrected chi connectivity index (χ0v) is 12.9. The van der Waals surface area contributed by atoms with Gasteiger partial charge in [0.1, 0.15) is 5.82 Å². The van der Waals surface area contributed by atoms with E-state index in [9.17, 15) is 8.78 Å². The van der Waals surface area contributed by atoms with Gasteiger partial charge in [0.05, 0.1) is 10.2 Å². The van der Waals surface area contributed by atoms with Crippen LogP contribution in [-0.4, -0.2) is 9.97 Å². The van der Waals surface area contributed by atoms with Crippen molar-refractivity contribution in [3.8, 4) is 11.4 Å². The van der Waals surface area contributed by atoms with E-state index >= 15 is 0 Å². The molecule has 1 aromatic heterocycles. The molecule has 0 aliphatic carbocycles. The molecule has 0 saturated heterocycles. The van der Waals surface area contributed by atoms with Gasteiger partial charge in [0.2, 0.25) is 0 Å². The maximum absolute atomic E-state index is 13.3. The number of nitrogens with zero attached hydrogens (tertiary/aromatic N) is 2. The maximum atomic E-state index is 13.3. The van der Waals surface area contributed by atoms with E-state index in [-0.39, 0.29) is 17.1 Å². The summed E-state index contributed by atoms with van der Waals surface area (Å²) in [5.74, 6) is -1.31. The highest BCUT2D eigenvalue weighted by Gasteiger charge is 2.23. The van der Waals surface area contributed by atoms with Crippen molar-refractivity contribution in [3.05, 3.63) is 40.0 Å². The van der Waals surface area contributed by atoms with Gasteiger partial charge < -0.3 is 5.73 Å². The molecule has 0 bridgehead atoms. The second-order valence-corrected chi connectivity index (χ2v) is 6.27. The predicted molar refractivity (Wildman–Crippen MR) is 78.2 cm³/mol. The summed E-state index contributed by atoms with van der Waals surface area (Å²) < 4.78 is 26.9. The minimum atomic E-state index is -0.940. The monoisotopic (exact) mass is 341 g/mol. The summed E-state index contributed by atoms with van der Waals surface area (Å²) >= 11 is 3.36. The SMILES string of the molecule is CC(C)(C)c1nc(-c2ccc(F)c(F)c2)nc(N)c1Br. The molecule has 0 unspecified atom stereocenters. The summed E-state index contributed by atoms with van der Waals surface area (Å²) in [6.45, 7) is 5.94. The number of aromatic nitrogens is 2. The lowest BCUT2D eigenvalue weighted by atomic mass is 9.91. The van der Waals surface area contributed by atoms with Gasteiger partial charge in [-0.05, 0) is 34.1 Å². The molecule has 2 N–H and O–H groups in total. The van der Waals surface area contributed by atoms with E-state index < -0.39 is 11.6 Å². The first kappa shape index (κ1) is 14.8. The molecule has 0 atom stereocenters. The van der Waals surface area contributed by atoms with Crippen LogP contribution in [0.4, 0.5) is 14.6 Å². The average molecular weight is 342 g/mol. The van der Waals surface area contributed by atoms with Crippen molar-refractivity contribution in [2.75, 3.05) is 5.73 Å². The zero-order chi connectivity index (χ0) is 15.1. The summed E-state index contributed by atoms with van der Waals surface area (Å²) in [6, 6.07) is 3.53. The zero-order valence-electron chi connectivity index (χ0n) is 11.3. The first-order valence-electron chi connectivity index (χ1n) is 5.99. The van der Waals surface area contributed by atoms with Crippen molar-refractivity contribution in [2.24, 2.45) is 0 Å². The molecule has 2 rings (SSSR count). The minimum Gasteiger partial charge on any atom is -0.383 e. The lowest BCUT2D eigenvalue weighted by molar-refractivity contribution is 0.509. The fourth-order valence-corrected chi connectivity index (χ4v) is 2.50. The molecule has 1 heterocycles. The van der Waals surface area contributed by atoms with Gasteiger partial charge in [0.25, 0.3) is 0 Å². The number of hydrogen-bond acceptors (Lipinski definition) is 3. The lowest BCUT2D eigenvalue weighted by Gasteiger charge is -2.20. The molecule has 2 aromatic rings. The molecule has 0 aliphatic heterocycles. The number of benzene rings is 1. The molecule has 3 nitrogen and oxygen atoms in total. The van der Waals surface area contributed by atoms with Gasteiger partial charge in [0, 0.05) is 11.0 Å². The highest BCUT2D eigenvalue weighted by Crippen LogP contribution is 2.33. The van der Waals surface area contributed by atoms with Crippen molar-refractivity contribution in [3.63, 3.8) is 0 Å². The van der Waals surface area contributed by atoms with Crippen LogP contribution in [0.25, 0.3) is 11.4 Å². The van der Waals surface area contributed by atoms with Gasteiger partial charge in [-0.1, -0.05) is 20.8 Å². The second kappa shape index (κ2) is 5.09. The van der Waals surface area contributed by atoms with Crippen molar-refractivity contribution in [2.45, 2.75) is 26.2 Å². The Bertz CT molecular complexity index is 666. The summed E-state index contributed by atoms with van der Waals surface area (Å²) in [7, 11) is 0. The van der Waals surface area contributed by atoms with Crippen molar-refractivity contribution in [1.82, 2.24) is 9.97 Å². The largest absolute Gasteiger partial charge is 0.383 e. The Balaban J connectivity index is 2.63. The van der Waals surface area contributed by atoms with Crippen molar-refractivity contribution < 1.29 is 8.78 Å². The molecule has 0 aliphatic rings. The van der Waals surface area contributed by atoms with Gasteiger partial charge in [0.15, 0.2) is 17.5 Å². The topological polar surface area (TPSA) is 51.8 Å². The maximum Gasteiger partial charge on any atom is 0.161 e. The second-order valence-electron chi connectivity index (χ2n) is 5.47. The highest BCUT2D eigenvalue weighted by atomic mass is 79.9. The van der Waals surface area contributed by atoms with Crippen molar-refractivity contribution >= 4 is 21.7 Å². The first-order valence-corrected chi connectivity index (χ1v) is 6.78. The van der Waals surface area contributed by atoms with Crippen LogP contribution in [0.2, 0.25) is 0 Å². The van der Waals surface area contributed by atoms with E-state index in [1.807, 2.05) is 20.8 Å². The van der Waals surface area contributed by atoms with E-state index in [0.29, 0.717) is 15.7 Å². The predicted octanol–water partition coefficient (Wildman–Crippen LogP) is 4.06. The van der Waals surface area contributed by atoms with Crippen LogP contribution < -0.4 is 5.73 Å². The third-order valence-electron chi connectivity index (χ3n) is 2.77. The Morgan fingerprint density at radius 2 is 1.75 bits per heavy atom. The molecule has 0 spiro atoms. The molecule has 106 valence electrons. The lowest BCUT2D eigenvalue weighted by Crippen LogP contribution is -2.17. The molecule has 0 radical (unpaired) electrons. The van der Waals surface area contributed by atoms with Crippen LogP contribution in [0, 0.1) is 11.6 Å². The molecule has 1 aromatic carbocycles. The van der Waals surface area contributed by atoms with Gasteiger partial charge in [-0.3, -0.25) is 0 Å². The Morgan fingerprint density at radius 1 is 1.10 bits per heavy atom. The van der Waals surface area contributed by atoms with Crippen LogP contribution >= 0.6 is 15.9 Å². The number of anilines is 1. The molecule has 20 heavy (non-hydrogen) atoms. The summed E-state index contributed by atoms with van der Waals surface area (Å²) in [4.78, 5) is 8.54. The minimum absolute atomic E-state index is 0.261. The molecule has 0 saturated carbocycles. The van der Waals surface area contributed by atoms with Crippen LogP contribution in [0.1, 0.15) is 26.5 Å². The van der Waals surface area contributed by atoms with Gasteiger partial charge in [-0.2, -0.15) is 0 Å². The van der Waals surface area contributed by atoms with E-state index in [1.165, 1.54) is 6.07 Å². The first-order chi connectivity index (χ1) is 9.20. The van der Waals surface area contributed by atoms with Crippen LogP contribution in [0.15, 0.2) is 22.7 Å². The Labute approximate surface area is 124 Å². The van der Waals surface area contributed by atoms with Crippen LogP contribution in [-0.2, 0) is 5.41 Å². The molecular formula is C14H14BrF2N3.